The van der Waals surface area contributed by atoms with Crippen LogP contribution < -0.4 is 5.32 Å². The van der Waals surface area contributed by atoms with E-state index in [1.165, 1.54) is 17.0 Å². The Morgan fingerprint density at radius 3 is 2.38 bits per heavy atom. The maximum atomic E-state index is 13.4. The third-order valence-electron chi connectivity index (χ3n) is 5.98. The van der Waals surface area contributed by atoms with E-state index in [9.17, 15) is 22.8 Å². The quantitative estimate of drug-likeness (QED) is 0.557. The number of aryl methyl sites for hydroxylation is 1. The zero-order valence-electron chi connectivity index (χ0n) is 19.8. The summed E-state index contributed by atoms with van der Waals surface area (Å²) in [6, 6.07) is 12.9. The molecule has 0 radical (unpaired) electrons. The number of nitrogens with zero attached hydrogens (tertiary/aromatic N) is 2. The lowest BCUT2D eigenvalue weighted by molar-refractivity contribution is -0.141. The summed E-state index contributed by atoms with van der Waals surface area (Å²) in [5.41, 5.74) is 1.99. The van der Waals surface area contributed by atoms with Gasteiger partial charge in [-0.2, -0.15) is 0 Å². The Labute approximate surface area is 201 Å². The Morgan fingerprint density at radius 2 is 1.74 bits per heavy atom. The van der Waals surface area contributed by atoms with Crippen LogP contribution in [0.15, 0.2) is 53.4 Å². The van der Waals surface area contributed by atoms with Crippen molar-refractivity contribution in [3.63, 3.8) is 0 Å². The van der Waals surface area contributed by atoms with Crippen molar-refractivity contribution in [2.24, 2.45) is 0 Å². The number of nitrogens with one attached hydrogen (secondary N) is 1. The van der Waals surface area contributed by atoms with Gasteiger partial charge >= 0.3 is 0 Å². The molecule has 0 unspecified atom stereocenters. The highest BCUT2D eigenvalue weighted by molar-refractivity contribution is 7.90. The number of sulfonamides is 1. The lowest BCUT2D eigenvalue weighted by Gasteiger charge is -2.31. The molecule has 1 atom stereocenters. The standard InChI is InChI=1S/C25H31N3O5S/c1-4-15-26-24(30)21(5-2)27(17-19-11-7-6-10-18(19)3)23(29)14-16-28-25(31)20-12-8-9-13-22(20)34(28,32)33/h6-13,21H,4-5,14-17H2,1-3H3,(H,26,30)/t21-/m0/s1. The average Bonchev–Trinajstić information content (AvgIpc) is 3.02. The summed E-state index contributed by atoms with van der Waals surface area (Å²) in [6.07, 6.45) is 0.950. The lowest BCUT2D eigenvalue weighted by atomic mass is 10.1. The van der Waals surface area contributed by atoms with E-state index in [-0.39, 0.29) is 41.8 Å². The van der Waals surface area contributed by atoms with Crippen molar-refractivity contribution in [3.8, 4) is 0 Å². The smallest absolute Gasteiger partial charge is 0.269 e. The second-order valence-electron chi connectivity index (χ2n) is 8.29. The van der Waals surface area contributed by atoms with Crippen LogP contribution in [0.4, 0.5) is 0 Å². The maximum Gasteiger partial charge on any atom is 0.269 e. The van der Waals surface area contributed by atoms with Gasteiger partial charge in [0.05, 0.1) is 5.56 Å². The van der Waals surface area contributed by atoms with E-state index in [1.807, 2.05) is 45.0 Å². The topological polar surface area (TPSA) is 104 Å². The molecule has 0 aromatic heterocycles. The second kappa shape index (κ2) is 10.8. The molecule has 8 nitrogen and oxygen atoms in total. The number of carbonyl (C=O) groups excluding carboxylic acids is 3. The van der Waals surface area contributed by atoms with E-state index < -0.39 is 22.0 Å². The minimum atomic E-state index is -4.00. The Hall–Kier alpha value is -3.20. The summed E-state index contributed by atoms with van der Waals surface area (Å²) in [7, 11) is -4.00. The van der Waals surface area contributed by atoms with E-state index in [1.54, 1.807) is 12.1 Å². The van der Waals surface area contributed by atoms with Crippen molar-refractivity contribution >= 4 is 27.7 Å². The molecule has 2 aromatic rings. The van der Waals surface area contributed by atoms with Crippen molar-refractivity contribution in [1.82, 2.24) is 14.5 Å². The van der Waals surface area contributed by atoms with Gasteiger partial charge in [-0.1, -0.05) is 50.2 Å². The molecular weight excluding hydrogens is 454 g/mol. The van der Waals surface area contributed by atoms with Crippen molar-refractivity contribution < 1.29 is 22.8 Å². The van der Waals surface area contributed by atoms with Crippen LogP contribution >= 0.6 is 0 Å². The van der Waals surface area contributed by atoms with Gasteiger partial charge in [-0.05, 0) is 43.0 Å². The lowest BCUT2D eigenvalue weighted by Crippen LogP contribution is -2.49. The minimum Gasteiger partial charge on any atom is -0.354 e. The van der Waals surface area contributed by atoms with Gasteiger partial charge in [-0.15, -0.1) is 0 Å². The minimum absolute atomic E-state index is 0.0467. The second-order valence-corrected chi connectivity index (χ2v) is 10.1. The predicted octanol–water partition coefficient (Wildman–Crippen LogP) is 2.86. The fourth-order valence-corrected chi connectivity index (χ4v) is 5.62. The highest BCUT2D eigenvalue weighted by Crippen LogP contribution is 2.30. The number of rotatable bonds is 10. The van der Waals surface area contributed by atoms with E-state index in [2.05, 4.69) is 5.32 Å². The highest BCUT2D eigenvalue weighted by atomic mass is 32.2. The highest BCUT2D eigenvalue weighted by Gasteiger charge is 2.41. The largest absolute Gasteiger partial charge is 0.354 e. The number of hydrogen-bond donors (Lipinski definition) is 1. The molecule has 1 heterocycles. The SMILES string of the molecule is CCCNC(=O)[C@H](CC)N(Cc1ccccc1C)C(=O)CCN1C(=O)c2ccccc2S1(=O)=O. The number of benzene rings is 2. The maximum absolute atomic E-state index is 13.4. The molecule has 0 fully saturated rings. The summed E-state index contributed by atoms with van der Waals surface area (Å²) in [4.78, 5) is 40.4. The number of amides is 3. The monoisotopic (exact) mass is 485 g/mol. The van der Waals surface area contributed by atoms with Crippen LogP contribution in [0.3, 0.4) is 0 Å². The first-order chi connectivity index (χ1) is 16.2. The number of carbonyl (C=O) groups is 3. The zero-order chi connectivity index (χ0) is 24.9. The summed E-state index contributed by atoms with van der Waals surface area (Å²) in [5.74, 6) is -1.27. The Morgan fingerprint density at radius 1 is 1.06 bits per heavy atom. The first kappa shape index (κ1) is 25.4. The first-order valence-corrected chi connectivity index (χ1v) is 12.9. The van der Waals surface area contributed by atoms with Gasteiger partial charge in [-0.3, -0.25) is 14.4 Å². The van der Waals surface area contributed by atoms with Gasteiger partial charge in [0.25, 0.3) is 15.9 Å². The molecule has 1 aliphatic rings. The molecule has 0 saturated heterocycles. The molecule has 34 heavy (non-hydrogen) atoms. The van der Waals surface area contributed by atoms with Crippen LogP contribution in [0.5, 0.6) is 0 Å². The normalized spacial score (nSPS) is 15.0. The molecule has 1 aliphatic heterocycles. The molecule has 2 aromatic carbocycles. The fourth-order valence-electron chi connectivity index (χ4n) is 4.05. The van der Waals surface area contributed by atoms with Crippen LogP contribution in [-0.4, -0.2) is 54.5 Å². The van der Waals surface area contributed by atoms with Crippen LogP contribution in [0, 0.1) is 6.92 Å². The van der Waals surface area contributed by atoms with E-state index >= 15 is 0 Å². The van der Waals surface area contributed by atoms with Gasteiger partial charge in [0.15, 0.2) is 0 Å². The van der Waals surface area contributed by atoms with E-state index in [0.717, 1.165) is 21.9 Å². The Bertz CT molecular complexity index is 1180. The van der Waals surface area contributed by atoms with Gasteiger partial charge in [0.1, 0.15) is 10.9 Å². The molecule has 3 amide bonds. The molecule has 0 saturated carbocycles. The summed E-state index contributed by atoms with van der Waals surface area (Å²) >= 11 is 0. The van der Waals surface area contributed by atoms with Gasteiger partial charge in [-0.25, -0.2) is 12.7 Å². The Kier molecular flexibility index (Phi) is 8.09. The van der Waals surface area contributed by atoms with Crippen molar-refractivity contribution in [3.05, 3.63) is 65.2 Å². The predicted molar refractivity (Wildman–Crippen MR) is 128 cm³/mol. The molecular formula is C25H31N3O5S. The molecule has 182 valence electrons. The summed E-state index contributed by atoms with van der Waals surface area (Å²) < 4.78 is 26.4. The average molecular weight is 486 g/mol. The molecule has 0 bridgehead atoms. The third-order valence-corrected chi connectivity index (χ3v) is 7.82. The number of hydrogen-bond acceptors (Lipinski definition) is 5. The van der Waals surface area contributed by atoms with Crippen LogP contribution in [0.25, 0.3) is 0 Å². The molecule has 0 spiro atoms. The van der Waals surface area contributed by atoms with Crippen molar-refractivity contribution in [1.29, 1.82) is 0 Å². The van der Waals surface area contributed by atoms with Crippen LogP contribution in [0.2, 0.25) is 0 Å². The van der Waals surface area contributed by atoms with Gasteiger partial charge in [0, 0.05) is 26.1 Å². The molecule has 0 aliphatic carbocycles. The van der Waals surface area contributed by atoms with Gasteiger partial charge in [0.2, 0.25) is 11.8 Å². The fraction of sp³-hybridized carbons (Fsp3) is 0.400. The molecule has 9 heteroatoms. The van der Waals surface area contributed by atoms with Crippen molar-refractivity contribution in [2.45, 2.75) is 57.5 Å². The van der Waals surface area contributed by atoms with E-state index in [4.69, 9.17) is 0 Å². The molecule has 1 N–H and O–H groups in total. The summed E-state index contributed by atoms with van der Waals surface area (Å²) in [6.45, 7) is 6.14. The zero-order valence-corrected chi connectivity index (χ0v) is 20.6. The third kappa shape index (κ3) is 5.14. The van der Waals surface area contributed by atoms with Gasteiger partial charge < -0.3 is 10.2 Å². The molecule has 3 rings (SSSR count). The first-order valence-electron chi connectivity index (χ1n) is 11.5. The van der Waals surface area contributed by atoms with Crippen LogP contribution in [0.1, 0.15) is 54.6 Å². The summed E-state index contributed by atoms with van der Waals surface area (Å²) in [5, 5.41) is 2.86. The number of fused-ring (bicyclic) bond motifs is 1. The van der Waals surface area contributed by atoms with Crippen molar-refractivity contribution in [2.75, 3.05) is 13.1 Å². The van der Waals surface area contributed by atoms with E-state index in [0.29, 0.717) is 13.0 Å². The van der Waals surface area contributed by atoms with Crippen LogP contribution in [-0.2, 0) is 26.2 Å². The Balaban J connectivity index is 1.83.